The van der Waals surface area contributed by atoms with E-state index in [-0.39, 0.29) is 28.4 Å². The highest BCUT2D eigenvalue weighted by Crippen LogP contribution is 2.35. The molecule has 2 bridgehead atoms. The van der Waals surface area contributed by atoms with Gasteiger partial charge in [-0.25, -0.2) is 9.07 Å². The molecule has 0 saturated heterocycles. The second-order valence-corrected chi connectivity index (χ2v) is 11.3. The third-order valence-corrected chi connectivity index (χ3v) is 8.09. The third-order valence-electron chi connectivity index (χ3n) is 7.80. The summed E-state index contributed by atoms with van der Waals surface area (Å²) in [4.78, 5) is 35.8. The molecule has 2 amide bonds. The fourth-order valence-corrected chi connectivity index (χ4v) is 5.50. The number of nitrogens with one attached hydrogen (secondary N) is 2. The van der Waals surface area contributed by atoms with Gasteiger partial charge in [0.15, 0.2) is 11.6 Å². The van der Waals surface area contributed by atoms with Gasteiger partial charge in [-0.1, -0.05) is 42.2 Å². The summed E-state index contributed by atoms with van der Waals surface area (Å²) >= 11 is 5.97. The van der Waals surface area contributed by atoms with Crippen LogP contribution >= 0.6 is 11.6 Å². The largest absolute Gasteiger partial charge is 0.344 e. The van der Waals surface area contributed by atoms with E-state index in [4.69, 9.17) is 16.1 Å². The van der Waals surface area contributed by atoms with E-state index in [1.165, 1.54) is 16.9 Å². The summed E-state index contributed by atoms with van der Waals surface area (Å²) < 4.78 is 21.4. The summed E-state index contributed by atoms with van der Waals surface area (Å²) in [5.74, 6) is -0.522. The molecule has 5 aromatic rings. The van der Waals surface area contributed by atoms with Gasteiger partial charge in [-0.2, -0.15) is 10.1 Å². The lowest BCUT2D eigenvalue weighted by atomic mass is 9.95. The molecule has 0 aliphatic carbocycles. The third kappa shape index (κ3) is 5.70. The molecule has 2 aromatic carbocycles. The molecule has 0 saturated carbocycles. The number of amides is 2. The Labute approximate surface area is 257 Å². The maximum atomic E-state index is 14.7. The van der Waals surface area contributed by atoms with Gasteiger partial charge in [0.1, 0.15) is 5.69 Å². The molecule has 4 heterocycles. The number of nitrogens with zero attached hydrogens (tertiary/aromatic N) is 5. The maximum Gasteiger partial charge on any atom is 0.257 e. The summed E-state index contributed by atoms with van der Waals surface area (Å²) in [6.45, 7) is 5.32. The first kappa shape index (κ1) is 29.2. The van der Waals surface area contributed by atoms with E-state index in [0.717, 1.165) is 11.1 Å². The molecule has 2 N–H and O–H groups in total. The van der Waals surface area contributed by atoms with Crippen molar-refractivity contribution in [2.24, 2.45) is 5.92 Å². The minimum absolute atomic E-state index is 0.0342. The quantitative estimate of drug-likeness (QED) is 0.233. The number of aryl methyl sites for hydroxylation is 1. The van der Waals surface area contributed by atoms with Crippen LogP contribution in [0.5, 0.6) is 0 Å². The average molecular weight is 614 g/mol. The molecular weight excluding hydrogens is 585 g/mol. The highest BCUT2D eigenvalue weighted by Gasteiger charge is 2.25. The molecule has 1 aliphatic heterocycles. The van der Waals surface area contributed by atoms with Crippen molar-refractivity contribution < 1.29 is 18.5 Å². The zero-order chi connectivity index (χ0) is 31.0. The van der Waals surface area contributed by atoms with Crippen LogP contribution in [0.1, 0.15) is 59.8 Å². The van der Waals surface area contributed by atoms with Gasteiger partial charge < -0.3 is 15.2 Å². The van der Waals surface area contributed by atoms with Crippen molar-refractivity contribution in [1.82, 2.24) is 30.2 Å². The van der Waals surface area contributed by atoms with Crippen molar-refractivity contribution >= 4 is 29.1 Å². The van der Waals surface area contributed by atoms with Crippen LogP contribution in [0, 0.1) is 25.6 Å². The van der Waals surface area contributed by atoms with Crippen LogP contribution in [0.4, 0.5) is 10.1 Å². The topological polar surface area (TPSA) is 128 Å². The van der Waals surface area contributed by atoms with Gasteiger partial charge in [-0.3, -0.25) is 14.6 Å². The molecule has 0 radical (unpaired) electrons. The van der Waals surface area contributed by atoms with Crippen molar-refractivity contribution in [1.29, 1.82) is 0 Å². The van der Waals surface area contributed by atoms with Gasteiger partial charge in [-0.15, -0.1) is 0 Å². The Morgan fingerprint density at radius 2 is 1.98 bits per heavy atom. The molecule has 2 atom stereocenters. The highest BCUT2D eigenvalue weighted by molar-refractivity contribution is 6.30. The number of anilines is 1. The van der Waals surface area contributed by atoms with E-state index in [2.05, 4.69) is 30.9 Å². The predicted octanol–water partition coefficient (Wildman–Crippen LogP) is 6.62. The SMILES string of the molecule is Cc1noc(-c2ccc3c(c2)NC(=O)[C@H](C)CCC[C@H](NC(=O)c2cnn(-c4cccc(Cl)c4F)c2C)c2cc-3ccn2)n1. The smallest absolute Gasteiger partial charge is 0.257 e. The number of carbonyl (C=O) groups is 2. The molecule has 6 rings (SSSR count). The number of hydrogen-bond donors (Lipinski definition) is 2. The first-order valence-corrected chi connectivity index (χ1v) is 14.6. The lowest BCUT2D eigenvalue weighted by molar-refractivity contribution is -0.119. The van der Waals surface area contributed by atoms with Crippen LogP contribution in [-0.2, 0) is 4.79 Å². The number of carbonyl (C=O) groups excluding carboxylic acids is 2. The van der Waals surface area contributed by atoms with E-state index in [9.17, 15) is 14.0 Å². The maximum absolute atomic E-state index is 14.7. The summed E-state index contributed by atoms with van der Waals surface area (Å²) in [7, 11) is 0. The molecule has 1 aliphatic rings. The van der Waals surface area contributed by atoms with Crippen LogP contribution in [0.15, 0.2) is 65.4 Å². The van der Waals surface area contributed by atoms with Crippen LogP contribution in [0.3, 0.4) is 0 Å². The van der Waals surface area contributed by atoms with E-state index < -0.39 is 11.9 Å². The Morgan fingerprint density at radius 3 is 2.77 bits per heavy atom. The number of benzene rings is 2. The van der Waals surface area contributed by atoms with Crippen LogP contribution in [0.25, 0.3) is 28.3 Å². The van der Waals surface area contributed by atoms with Crippen LogP contribution in [-0.4, -0.2) is 36.7 Å². The molecule has 44 heavy (non-hydrogen) atoms. The number of aromatic nitrogens is 5. The summed E-state index contributed by atoms with van der Waals surface area (Å²) in [6.07, 6.45) is 4.91. The zero-order valence-corrected chi connectivity index (χ0v) is 25.0. The molecule has 3 aromatic heterocycles. The molecule has 12 heteroatoms. The Morgan fingerprint density at radius 1 is 1.14 bits per heavy atom. The van der Waals surface area contributed by atoms with E-state index in [1.807, 2.05) is 37.3 Å². The summed E-state index contributed by atoms with van der Waals surface area (Å²) in [5.41, 5.74) is 4.45. The van der Waals surface area contributed by atoms with Crippen molar-refractivity contribution in [3.63, 3.8) is 0 Å². The fraction of sp³-hybridized carbons (Fsp3) is 0.250. The number of pyridine rings is 1. The Bertz CT molecular complexity index is 1890. The molecule has 10 nitrogen and oxygen atoms in total. The predicted molar refractivity (Wildman–Crippen MR) is 163 cm³/mol. The fourth-order valence-electron chi connectivity index (χ4n) is 5.33. The van der Waals surface area contributed by atoms with Crippen molar-refractivity contribution in [3.8, 4) is 28.3 Å². The van der Waals surface area contributed by atoms with E-state index in [1.54, 1.807) is 32.2 Å². The number of fused-ring (bicyclic) bond motifs is 4. The highest BCUT2D eigenvalue weighted by atomic mass is 35.5. The molecular formula is C32H29ClFN7O3. The van der Waals surface area contributed by atoms with Crippen molar-refractivity contribution in [2.75, 3.05) is 5.32 Å². The van der Waals surface area contributed by atoms with Crippen molar-refractivity contribution in [2.45, 2.75) is 46.1 Å². The van der Waals surface area contributed by atoms with Gasteiger partial charge in [0.25, 0.3) is 11.8 Å². The molecule has 0 spiro atoms. The molecule has 0 fully saturated rings. The second-order valence-electron chi connectivity index (χ2n) is 10.9. The Kier molecular flexibility index (Phi) is 7.96. The number of halogens is 2. The lowest BCUT2D eigenvalue weighted by Gasteiger charge is -2.22. The van der Waals surface area contributed by atoms with Crippen molar-refractivity contribution in [3.05, 3.63) is 94.5 Å². The summed E-state index contributed by atoms with van der Waals surface area (Å²) in [5, 5.41) is 14.3. The first-order valence-electron chi connectivity index (χ1n) is 14.2. The van der Waals surface area contributed by atoms with Gasteiger partial charge in [0, 0.05) is 28.9 Å². The number of rotatable bonds is 4. The van der Waals surface area contributed by atoms with Crippen LogP contribution in [0.2, 0.25) is 5.02 Å². The first-order chi connectivity index (χ1) is 21.2. The van der Waals surface area contributed by atoms with Gasteiger partial charge in [0.2, 0.25) is 5.91 Å². The molecule has 224 valence electrons. The van der Waals surface area contributed by atoms with E-state index >= 15 is 0 Å². The lowest BCUT2D eigenvalue weighted by Crippen LogP contribution is -2.30. The second kappa shape index (κ2) is 12.0. The van der Waals surface area contributed by atoms with Gasteiger partial charge >= 0.3 is 0 Å². The normalized spacial score (nSPS) is 16.8. The van der Waals surface area contributed by atoms with Gasteiger partial charge in [0.05, 0.1) is 34.2 Å². The van der Waals surface area contributed by atoms with E-state index in [0.29, 0.717) is 59.2 Å². The monoisotopic (exact) mass is 613 g/mol. The Hall–Kier alpha value is -4.90. The van der Waals surface area contributed by atoms with Crippen LogP contribution < -0.4 is 10.6 Å². The average Bonchev–Trinajstić information content (AvgIpc) is 3.62. The minimum atomic E-state index is -0.620. The summed E-state index contributed by atoms with van der Waals surface area (Å²) in [6, 6.07) is 13.5. The minimum Gasteiger partial charge on any atom is -0.344 e. The molecule has 0 unspecified atom stereocenters. The zero-order valence-electron chi connectivity index (χ0n) is 24.3. The number of hydrogen-bond acceptors (Lipinski definition) is 7. The Balaban J connectivity index is 1.34. The standard InChI is InChI=1S/C32H29ClFN7O3/c1-17-6-4-8-25(38-31(43)23-16-36-41(18(23)2)28-9-5-7-24(33)29(28)34)27-14-20(12-13-35-27)22-11-10-21(15-26(22)39-30(17)42)32-37-19(3)40-44-32/h5,7,9-17,25H,4,6,8H2,1-3H3,(H,38,43)(H,39,42)/t17-,25+/m1/s1. The van der Waals surface area contributed by atoms with Gasteiger partial charge in [-0.05, 0) is 68.7 Å².